The lowest BCUT2D eigenvalue weighted by molar-refractivity contribution is -0.0142. The van der Waals surface area contributed by atoms with E-state index in [1.165, 1.54) is 0 Å². The first kappa shape index (κ1) is 14.1. The van der Waals surface area contributed by atoms with Gasteiger partial charge in [-0.1, -0.05) is 42.5 Å². The van der Waals surface area contributed by atoms with E-state index in [-0.39, 0.29) is 6.79 Å². The molecule has 1 unspecified atom stereocenters. The van der Waals surface area contributed by atoms with E-state index in [0.29, 0.717) is 0 Å². The minimum absolute atomic E-state index is 0.0530. The highest BCUT2D eigenvalue weighted by Crippen LogP contribution is 2.21. The van der Waals surface area contributed by atoms with Crippen LogP contribution < -0.4 is 4.74 Å². The van der Waals surface area contributed by atoms with Crippen LogP contribution in [0, 0.1) is 25.2 Å². The molecule has 20 heavy (non-hydrogen) atoms. The number of nitrogens with zero attached hydrogens (tertiary/aromatic N) is 1. The second-order valence-electron chi connectivity index (χ2n) is 4.62. The van der Waals surface area contributed by atoms with Gasteiger partial charge in [0.25, 0.3) is 0 Å². The van der Waals surface area contributed by atoms with Crippen molar-refractivity contribution in [2.45, 2.75) is 20.0 Å². The minimum Gasteiger partial charge on any atom is -0.467 e. The summed E-state index contributed by atoms with van der Waals surface area (Å²) in [7, 11) is 0. The molecule has 102 valence electrons. The SMILES string of the molecule is Cc1ccc(C)c(OCOC(C#N)c2ccccc2)c1. The first-order valence-corrected chi connectivity index (χ1v) is 6.47. The number of rotatable bonds is 5. The minimum atomic E-state index is -0.610. The fourth-order valence-corrected chi connectivity index (χ4v) is 1.86. The first-order chi connectivity index (χ1) is 9.70. The van der Waals surface area contributed by atoms with Gasteiger partial charge in [-0.15, -0.1) is 0 Å². The smallest absolute Gasteiger partial charge is 0.191 e. The van der Waals surface area contributed by atoms with Crippen LogP contribution in [0.1, 0.15) is 22.8 Å². The van der Waals surface area contributed by atoms with E-state index in [4.69, 9.17) is 14.7 Å². The summed E-state index contributed by atoms with van der Waals surface area (Å²) in [6.07, 6.45) is -0.610. The Morgan fingerprint density at radius 1 is 1.10 bits per heavy atom. The van der Waals surface area contributed by atoms with Crippen LogP contribution in [-0.2, 0) is 4.74 Å². The molecule has 0 amide bonds. The third-order valence-electron chi connectivity index (χ3n) is 3.01. The molecule has 2 aromatic rings. The summed E-state index contributed by atoms with van der Waals surface area (Å²) in [6.45, 7) is 4.04. The van der Waals surface area contributed by atoms with Crippen LogP contribution in [0.2, 0.25) is 0 Å². The van der Waals surface area contributed by atoms with Crippen molar-refractivity contribution < 1.29 is 9.47 Å². The van der Waals surface area contributed by atoms with Crippen LogP contribution in [0.3, 0.4) is 0 Å². The van der Waals surface area contributed by atoms with E-state index < -0.39 is 6.10 Å². The summed E-state index contributed by atoms with van der Waals surface area (Å²) >= 11 is 0. The molecule has 0 spiro atoms. The van der Waals surface area contributed by atoms with Gasteiger partial charge in [-0.05, 0) is 36.6 Å². The molecule has 0 aliphatic rings. The van der Waals surface area contributed by atoms with Gasteiger partial charge in [0.15, 0.2) is 12.9 Å². The zero-order valence-electron chi connectivity index (χ0n) is 11.7. The molecule has 0 fully saturated rings. The summed E-state index contributed by atoms with van der Waals surface area (Å²) in [5, 5.41) is 9.14. The van der Waals surface area contributed by atoms with Gasteiger partial charge >= 0.3 is 0 Å². The molecule has 1 atom stereocenters. The van der Waals surface area contributed by atoms with Gasteiger partial charge in [0.1, 0.15) is 5.75 Å². The van der Waals surface area contributed by atoms with E-state index in [0.717, 1.165) is 22.4 Å². The molecular weight excluding hydrogens is 250 g/mol. The van der Waals surface area contributed by atoms with Crippen molar-refractivity contribution in [3.05, 3.63) is 65.2 Å². The Balaban J connectivity index is 1.95. The number of nitriles is 1. The predicted molar refractivity (Wildman–Crippen MR) is 77.3 cm³/mol. The quantitative estimate of drug-likeness (QED) is 0.771. The van der Waals surface area contributed by atoms with E-state index >= 15 is 0 Å². The molecule has 2 rings (SSSR count). The summed E-state index contributed by atoms with van der Waals surface area (Å²) in [6, 6.07) is 17.5. The van der Waals surface area contributed by atoms with Crippen molar-refractivity contribution >= 4 is 0 Å². The maximum atomic E-state index is 9.14. The topological polar surface area (TPSA) is 42.2 Å². The summed E-state index contributed by atoms with van der Waals surface area (Å²) in [5.41, 5.74) is 3.01. The van der Waals surface area contributed by atoms with Crippen LogP contribution in [0.15, 0.2) is 48.5 Å². The molecule has 0 bridgehead atoms. The largest absolute Gasteiger partial charge is 0.467 e. The zero-order chi connectivity index (χ0) is 14.4. The molecule has 0 saturated carbocycles. The van der Waals surface area contributed by atoms with Crippen LogP contribution in [0.5, 0.6) is 5.75 Å². The van der Waals surface area contributed by atoms with Gasteiger partial charge in [-0.3, -0.25) is 0 Å². The third-order valence-corrected chi connectivity index (χ3v) is 3.01. The summed E-state index contributed by atoms with van der Waals surface area (Å²) in [5.74, 6) is 0.787. The lowest BCUT2D eigenvalue weighted by atomic mass is 10.1. The van der Waals surface area contributed by atoms with Crippen LogP contribution in [0.25, 0.3) is 0 Å². The Morgan fingerprint density at radius 2 is 1.85 bits per heavy atom. The fraction of sp³-hybridized carbons (Fsp3) is 0.235. The molecule has 0 N–H and O–H groups in total. The molecule has 2 aromatic carbocycles. The zero-order valence-corrected chi connectivity index (χ0v) is 11.7. The molecular formula is C17H17NO2. The maximum Gasteiger partial charge on any atom is 0.191 e. The Hall–Kier alpha value is -2.31. The number of benzene rings is 2. The van der Waals surface area contributed by atoms with Gasteiger partial charge in [0.2, 0.25) is 0 Å². The Kier molecular flexibility index (Phi) is 4.75. The lowest BCUT2D eigenvalue weighted by Crippen LogP contribution is -2.08. The van der Waals surface area contributed by atoms with E-state index in [9.17, 15) is 0 Å². The van der Waals surface area contributed by atoms with Crippen molar-refractivity contribution in [1.29, 1.82) is 5.26 Å². The van der Waals surface area contributed by atoms with Crippen molar-refractivity contribution in [3.63, 3.8) is 0 Å². The second-order valence-corrected chi connectivity index (χ2v) is 4.62. The Bertz CT molecular complexity index is 602. The first-order valence-electron chi connectivity index (χ1n) is 6.47. The Morgan fingerprint density at radius 3 is 2.55 bits per heavy atom. The van der Waals surface area contributed by atoms with Crippen LogP contribution >= 0.6 is 0 Å². The van der Waals surface area contributed by atoms with E-state index in [2.05, 4.69) is 6.07 Å². The fourth-order valence-electron chi connectivity index (χ4n) is 1.86. The molecule has 0 aromatic heterocycles. The Labute approximate surface area is 119 Å². The number of hydrogen-bond acceptors (Lipinski definition) is 3. The second kappa shape index (κ2) is 6.74. The third kappa shape index (κ3) is 3.59. The predicted octanol–water partition coefficient (Wildman–Crippen LogP) is 3.92. The maximum absolute atomic E-state index is 9.14. The van der Waals surface area contributed by atoms with Crippen molar-refractivity contribution in [1.82, 2.24) is 0 Å². The molecule has 0 saturated heterocycles. The average molecular weight is 267 g/mol. The average Bonchev–Trinajstić information content (AvgIpc) is 2.48. The van der Waals surface area contributed by atoms with Crippen LogP contribution in [0.4, 0.5) is 0 Å². The van der Waals surface area contributed by atoms with Crippen molar-refractivity contribution in [2.75, 3.05) is 6.79 Å². The molecule has 0 aliphatic heterocycles. The van der Waals surface area contributed by atoms with Gasteiger partial charge in [-0.25, -0.2) is 0 Å². The number of aryl methyl sites for hydroxylation is 2. The van der Waals surface area contributed by atoms with Gasteiger partial charge in [0, 0.05) is 0 Å². The number of hydrogen-bond donors (Lipinski definition) is 0. The highest BCUT2D eigenvalue weighted by atomic mass is 16.7. The normalized spacial score (nSPS) is 11.7. The highest BCUT2D eigenvalue weighted by Gasteiger charge is 2.10. The molecule has 3 nitrogen and oxygen atoms in total. The van der Waals surface area contributed by atoms with Crippen molar-refractivity contribution in [3.8, 4) is 11.8 Å². The highest BCUT2D eigenvalue weighted by molar-refractivity contribution is 5.35. The molecule has 0 heterocycles. The van der Waals surface area contributed by atoms with Crippen LogP contribution in [-0.4, -0.2) is 6.79 Å². The monoisotopic (exact) mass is 267 g/mol. The van der Waals surface area contributed by atoms with Gasteiger partial charge in [0.05, 0.1) is 6.07 Å². The molecule has 0 radical (unpaired) electrons. The summed E-state index contributed by atoms with van der Waals surface area (Å²) in [4.78, 5) is 0. The van der Waals surface area contributed by atoms with E-state index in [1.54, 1.807) is 0 Å². The molecule has 3 heteroatoms. The van der Waals surface area contributed by atoms with Crippen molar-refractivity contribution in [2.24, 2.45) is 0 Å². The summed E-state index contributed by atoms with van der Waals surface area (Å²) < 4.78 is 11.1. The standard InChI is InChI=1S/C17H17NO2/c1-13-8-9-14(2)16(10-13)19-12-20-17(11-18)15-6-4-3-5-7-15/h3-10,17H,12H2,1-2H3. The number of ether oxygens (including phenoxy) is 2. The van der Waals surface area contributed by atoms with Gasteiger partial charge in [-0.2, -0.15) is 5.26 Å². The molecule has 0 aliphatic carbocycles. The van der Waals surface area contributed by atoms with E-state index in [1.807, 2.05) is 62.4 Å². The lowest BCUT2D eigenvalue weighted by Gasteiger charge is -2.13. The van der Waals surface area contributed by atoms with Gasteiger partial charge < -0.3 is 9.47 Å².